The molecule has 0 bridgehead atoms. The van der Waals surface area contributed by atoms with Crippen molar-refractivity contribution in [2.45, 2.75) is 59.1 Å². The topological polar surface area (TPSA) is 29.5 Å². The Morgan fingerprint density at radius 3 is 2.55 bits per heavy atom. The van der Waals surface area contributed by atoms with Gasteiger partial charge in [-0.2, -0.15) is 0 Å². The van der Waals surface area contributed by atoms with Gasteiger partial charge in [-0.1, -0.05) is 25.8 Å². The highest BCUT2D eigenvalue weighted by atomic mass is 127. The monoisotopic (exact) mass is 421 g/mol. The minimum absolute atomic E-state index is 0.237. The van der Waals surface area contributed by atoms with Crippen molar-refractivity contribution in [1.82, 2.24) is 4.90 Å². The summed E-state index contributed by atoms with van der Waals surface area (Å²) in [5.74, 6) is -0.237. The number of ether oxygens (including phenoxy) is 1. The molecule has 0 spiro atoms. The van der Waals surface area contributed by atoms with Crippen molar-refractivity contribution in [3.05, 3.63) is 33.1 Å². The fourth-order valence-corrected chi connectivity index (χ4v) is 2.55. The summed E-state index contributed by atoms with van der Waals surface area (Å²) in [4.78, 5) is 14.0. The lowest BCUT2D eigenvalue weighted by molar-refractivity contribution is 0.0230. The van der Waals surface area contributed by atoms with Crippen LogP contribution in [0.3, 0.4) is 0 Å². The lowest BCUT2D eigenvalue weighted by Gasteiger charge is -2.27. The lowest BCUT2D eigenvalue weighted by atomic mass is 10.2. The van der Waals surface area contributed by atoms with Crippen molar-refractivity contribution in [1.29, 1.82) is 0 Å². The third-order valence-electron chi connectivity index (χ3n) is 3.04. The zero-order valence-corrected chi connectivity index (χ0v) is 15.9. The quantitative estimate of drug-likeness (QED) is 0.457. The molecule has 0 aliphatic rings. The molecule has 0 aliphatic carbocycles. The molecule has 0 N–H and O–H groups in total. The Morgan fingerprint density at radius 1 is 1.32 bits per heavy atom. The second-order valence-corrected chi connectivity index (χ2v) is 7.52. The van der Waals surface area contributed by atoms with Crippen LogP contribution in [0.25, 0.3) is 0 Å². The SMILES string of the molecule is CCCCCN(Cc1ccc(F)c(I)c1)C(=O)OC(C)(C)C. The van der Waals surface area contributed by atoms with Gasteiger partial charge in [0, 0.05) is 16.7 Å². The number of amides is 1. The minimum atomic E-state index is -0.517. The maximum Gasteiger partial charge on any atom is 0.410 e. The molecule has 0 heterocycles. The molecule has 0 aromatic heterocycles. The lowest BCUT2D eigenvalue weighted by Crippen LogP contribution is -2.37. The molecule has 22 heavy (non-hydrogen) atoms. The van der Waals surface area contributed by atoms with Crippen LogP contribution in [0.15, 0.2) is 18.2 Å². The van der Waals surface area contributed by atoms with Gasteiger partial charge < -0.3 is 9.64 Å². The van der Waals surface area contributed by atoms with E-state index in [1.165, 1.54) is 6.07 Å². The van der Waals surface area contributed by atoms with Crippen molar-refractivity contribution in [2.24, 2.45) is 0 Å². The first-order chi connectivity index (χ1) is 10.2. The molecule has 5 heteroatoms. The molecule has 3 nitrogen and oxygen atoms in total. The van der Waals surface area contributed by atoms with Crippen LogP contribution in [-0.2, 0) is 11.3 Å². The van der Waals surface area contributed by atoms with Gasteiger partial charge in [0.05, 0.1) is 0 Å². The molecule has 0 radical (unpaired) electrons. The van der Waals surface area contributed by atoms with Crippen LogP contribution in [0.5, 0.6) is 0 Å². The fraction of sp³-hybridized carbons (Fsp3) is 0.588. The Balaban J connectivity index is 2.80. The van der Waals surface area contributed by atoms with Crippen molar-refractivity contribution in [3.8, 4) is 0 Å². The Hall–Kier alpha value is -0.850. The smallest absolute Gasteiger partial charge is 0.410 e. The summed E-state index contributed by atoms with van der Waals surface area (Å²) in [6.45, 7) is 8.79. The first-order valence-corrected chi connectivity index (χ1v) is 8.72. The fourth-order valence-electron chi connectivity index (χ4n) is 1.97. The van der Waals surface area contributed by atoms with Gasteiger partial charge in [0.1, 0.15) is 11.4 Å². The zero-order valence-electron chi connectivity index (χ0n) is 13.8. The standard InChI is InChI=1S/C17H25FINO2/c1-5-6-7-10-20(16(21)22-17(2,3)4)12-13-8-9-14(18)15(19)11-13/h8-9,11H,5-7,10,12H2,1-4H3. The van der Waals surface area contributed by atoms with Crippen LogP contribution in [0.2, 0.25) is 0 Å². The first-order valence-electron chi connectivity index (χ1n) is 7.65. The summed E-state index contributed by atoms with van der Waals surface area (Å²) >= 11 is 1.96. The van der Waals surface area contributed by atoms with E-state index in [4.69, 9.17) is 4.74 Å². The Labute approximate surface area is 146 Å². The Morgan fingerprint density at radius 2 is 2.00 bits per heavy atom. The number of rotatable bonds is 6. The molecular formula is C17H25FINO2. The third-order valence-corrected chi connectivity index (χ3v) is 3.87. The van der Waals surface area contributed by atoms with E-state index in [1.807, 2.05) is 43.4 Å². The van der Waals surface area contributed by atoms with Crippen LogP contribution in [0.4, 0.5) is 9.18 Å². The van der Waals surface area contributed by atoms with Gasteiger partial charge in [0.2, 0.25) is 0 Å². The summed E-state index contributed by atoms with van der Waals surface area (Å²) in [5, 5.41) is 0. The highest BCUT2D eigenvalue weighted by Crippen LogP contribution is 2.17. The molecule has 0 unspecified atom stereocenters. The molecule has 0 aliphatic heterocycles. The highest BCUT2D eigenvalue weighted by molar-refractivity contribution is 14.1. The summed E-state index contributed by atoms with van der Waals surface area (Å²) in [6.07, 6.45) is 2.79. The third kappa shape index (κ3) is 6.94. The Bertz CT molecular complexity index is 500. The molecule has 0 atom stereocenters. The first kappa shape index (κ1) is 19.2. The summed E-state index contributed by atoms with van der Waals surface area (Å²) < 4.78 is 19.4. The van der Waals surface area contributed by atoms with E-state index < -0.39 is 5.60 Å². The summed E-state index contributed by atoms with van der Waals surface area (Å²) in [6, 6.07) is 4.93. The molecule has 0 fully saturated rings. The molecule has 0 saturated carbocycles. The van der Waals surface area contributed by atoms with Gasteiger partial charge in [-0.05, 0) is 67.5 Å². The van der Waals surface area contributed by atoms with Gasteiger partial charge in [0.25, 0.3) is 0 Å². The van der Waals surface area contributed by atoms with Gasteiger partial charge in [0.15, 0.2) is 0 Å². The van der Waals surface area contributed by atoms with Crippen LogP contribution >= 0.6 is 22.6 Å². The number of hydrogen-bond acceptors (Lipinski definition) is 2. The van der Waals surface area contributed by atoms with E-state index in [2.05, 4.69) is 6.92 Å². The number of carbonyl (C=O) groups is 1. The molecular weight excluding hydrogens is 396 g/mol. The van der Waals surface area contributed by atoms with E-state index >= 15 is 0 Å². The second-order valence-electron chi connectivity index (χ2n) is 6.36. The van der Waals surface area contributed by atoms with Crippen molar-refractivity contribution < 1.29 is 13.9 Å². The van der Waals surface area contributed by atoms with Gasteiger partial charge >= 0.3 is 6.09 Å². The molecule has 1 amide bonds. The van der Waals surface area contributed by atoms with Crippen molar-refractivity contribution in [2.75, 3.05) is 6.54 Å². The van der Waals surface area contributed by atoms with Crippen LogP contribution in [0.1, 0.15) is 52.5 Å². The number of benzene rings is 1. The van der Waals surface area contributed by atoms with Gasteiger partial charge in [-0.25, -0.2) is 9.18 Å². The largest absolute Gasteiger partial charge is 0.444 e. The highest BCUT2D eigenvalue weighted by Gasteiger charge is 2.22. The second kappa shape index (κ2) is 8.70. The van der Waals surface area contributed by atoms with Crippen LogP contribution in [-0.4, -0.2) is 23.1 Å². The van der Waals surface area contributed by atoms with Gasteiger partial charge in [-0.15, -0.1) is 0 Å². The summed E-state index contributed by atoms with van der Waals surface area (Å²) in [7, 11) is 0. The number of unbranched alkanes of at least 4 members (excludes halogenated alkanes) is 2. The number of halogens is 2. The molecule has 124 valence electrons. The number of carbonyl (C=O) groups excluding carboxylic acids is 1. The Kier molecular flexibility index (Phi) is 7.59. The predicted molar refractivity (Wildman–Crippen MR) is 95.3 cm³/mol. The number of hydrogen-bond donors (Lipinski definition) is 0. The van der Waals surface area contributed by atoms with E-state index in [1.54, 1.807) is 17.0 Å². The predicted octanol–water partition coefficient (Wildman–Crippen LogP) is 5.36. The van der Waals surface area contributed by atoms with E-state index in [9.17, 15) is 9.18 Å². The van der Waals surface area contributed by atoms with Crippen LogP contribution in [0, 0.1) is 9.39 Å². The molecule has 1 aromatic rings. The van der Waals surface area contributed by atoms with E-state index in [0.717, 1.165) is 24.8 Å². The van der Waals surface area contributed by atoms with E-state index in [0.29, 0.717) is 16.7 Å². The average Bonchev–Trinajstić information content (AvgIpc) is 2.40. The normalized spacial score (nSPS) is 11.4. The van der Waals surface area contributed by atoms with Gasteiger partial charge in [-0.3, -0.25) is 0 Å². The summed E-state index contributed by atoms with van der Waals surface area (Å²) in [5.41, 5.74) is 0.394. The molecule has 1 rings (SSSR count). The average molecular weight is 421 g/mol. The maximum absolute atomic E-state index is 13.4. The maximum atomic E-state index is 13.4. The number of nitrogens with zero attached hydrogens (tertiary/aromatic N) is 1. The molecule has 0 saturated heterocycles. The van der Waals surface area contributed by atoms with Crippen molar-refractivity contribution in [3.63, 3.8) is 0 Å². The zero-order chi connectivity index (χ0) is 16.8. The van der Waals surface area contributed by atoms with Crippen molar-refractivity contribution >= 4 is 28.7 Å². The van der Waals surface area contributed by atoms with E-state index in [-0.39, 0.29) is 11.9 Å². The molecule has 1 aromatic carbocycles. The minimum Gasteiger partial charge on any atom is -0.444 e. The van der Waals surface area contributed by atoms with Crippen LogP contribution < -0.4 is 0 Å².